The Labute approximate surface area is 223 Å². The number of hydrogen-bond donors (Lipinski definition) is 1. The normalized spacial score (nSPS) is 16.2. The van der Waals surface area contributed by atoms with Crippen LogP contribution in [-0.4, -0.2) is 40.0 Å². The Balaban J connectivity index is 1.34. The Hall–Kier alpha value is -3.94. The van der Waals surface area contributed by atoms with Gasteiger partial charge in [0.15, 0.2) is 0 Å². The molecule has 7 nitrogen and oxygen atoms in total. The van der Waals surface area contributed by atoms with Gasteiger partial charge < -0.3 is 15.1 Å². The average molecular weight is 533 g/mol. The fourth-order valence-corrected chi connectivity index (χ4v) is 4.49. The number of hydrogen-bond acceptors (Lipinski definition) is 5. The molecule has 0 spiro atoms. The van der Waals surface area contributed by atoms with Crippen LogP contribution in [0, 0.1) is 0 Å². The third-order valence-corrected chi connectivity index (χ3v) is 6.76. The third kappa shape index (κ3) is 5.74. The quantitative estimate of drug-likeness (QED) is 0.310. The summed E-state index contributed by atoms with van der Waals surface area (Å²) >= 11 is 12.0. The van der Waals surface area contributed by atoms with Crippen molar-refractivity contribution in [2.24, 2.45) is 5.16 Å². The summed E-state index contributed by atoms with van der Waals surface area (Å²) in [4.78, 5) is 38.0. The number of anilines is 1. The minimum absolute atomic E-state index is 0.175. The van der Waals surface area contributed by atoms with Gasteiger partial charge in [-0.05, 0) is 54.1 Å². The van der Waals surface area contributed by atoms with Crippen LogP contribution in [-0.2, 0) is 16.2 Å². The highest BCUT2D eigenvalue weighted by atomic mass is 35.5. The molecule has 4 aromatic rings. The number of aromatic nitrogens is 1. The number of fused-ring (bicyclic) bond motifs is 1. The molecule has 2 amide bonds. The first-order chi connectivity index (χ1) is 18.0. The van der Waals surface area contributed by atoms with Gasteiger partial charge in [-0.2, -0.15) is 0 Å². The number of oxime groups is 1. The number of nitrogens with one attached hydrogen (secondary N) is 1. The summed E-state index contributed by atoms with van der Waals surface area (Å²) in [5, 5.41) is 8.97. The molecular weight excluding hydrogens is 511 g/mol. The summed E-state index contributed by atoms with van der Waals surface area (Å²) in [5.41, 5.74) is 3.34. The van der Waals surface area contributed by atoms with Crippen molar-refractivity contribution >= 4 is 57.3 Å². The van der Waals surface area contributed by atoms with Crippen molar-refractivity contribution in [2.75, 3.05) is 11.9 Å². The molecule has 5 rings (SSSR count). The zero-order chi connectivity index (χ0) is 25.8. The fourth-order valence-electron chi connectivity index (χ4n) is 4.17. The lowest BCUT2D eigenvalue weighted by atomic mass is 10.1. The van der Waals surface area contributed by atoms with Gasteiger partial charge in [0, 0.05) is 29.3 Å². The summed E-state index contributed by atoms with van der Waals surface area (Å²) in [5.74, 6) is -0.555. The van der Waals surface area contributed by atoms with Crippen LogP contribution in [0.2, 0.25) is 10.0 Å². The fraction of sp³-hybridized carbons (Fsp3) is 0.143. The SMILES string of the molecule is O=C(Nc1ccc2ncccc2c1)[C@@H]1C/C(=N\OCc2ccc(Cl)c(Cl)c2)CN1C(=O)c1ccccc1. The van der Waals surface area contributed by atoms with Gasteiger partial charge in [-0.3, -0.25) is 14.6 Å². The van der Waals surface area contributed by atoms with E-state index in [4.69, 9.17) is 28.0 Å². The van der Waals surface area contributed by atoms with Crippen molar-refractivity contribution < 1.29 is 14.4 Å². The van der Waals surface area contributed by atoms with Gasteiger partial charge in [0.05, 0.1) is 27.8 Å². The largest absolute Gasteiger partial charge is 0.391 e. The van der Waals surface area contributed by atoms with Crippen molar-refractivity contribution in [1.82, 2.24) is 9.88 Å². The molecule has 0 saturated carbocycles. The molecular formula is C28H22Cl2N4O3. The Kier molecular flexibility index (Phi) is 7.35. The first-order valence-corrected chi connectivity index (χ1v) is 12.4. The number of amides is 2. The molecule has 37 heavy (non-hydrogen) atoms. The van der Waals surface area contributed by atoms with Gasteiger partial charge in [0.1, 0.15) is 12.6 Å². The van der Waals surface area contributed by atoms with Crippen LogP contribution in [0.15, 0.2) is 90.2 Å². The van der Waals surface area contributed by atoms with Crippen LogP contribution in [0.3, 0.4) is 0 Å². The van der Waals surface area contributed by atoms with E-state index in [1.165, 1.54) is 4.90 Å². The van der Waals surface area contributed by atoms with Crippen LogP contribution in [0.1, 0.15) is 22.3 Å². The number of rotatable bonds is 6. The predicted octanol–water partition coefficient (Wildman–Crippen LogP) is 5.97. The second-order valence-corrected chi connectivity index (χ2v) is 9.41. The molecule has 2 heterocycles. The second-order valence-electron chi connectivity index (χ2n) is 8.60. The van der Waals surface area contributed by atoms with Gasteiger partial charge in [0.25, 0.3) is 5.91 Å². The molecule has 1 aliphatic rings. The van der Waals surface area contributed by atoms with Crippen molar-refractivity contribution in [3.8, 4) is 0 Å². The summed E-state index contributed by atoms with van der Waals surface area (Å²) in [6.07, 6.45) is 1.97. The minimum Gasteiger partial charge on any atom is -0.391 e. The molecule has 186 valence electrons. The summed E-state index contributed by atoms with van der Waals surface area (Å²) < 4.78 is 0. The van der Waals surface area contributed by atoms with Crippen LogP contribution in [0.4, 0.5) is 5.69 Å². The van der Waals surface area contributed by atoms with E-state index >= 15 is 0 Å². The Morgan fingerprint density at radius 3 is 2.65 bits per heavy atom. The van der Waals surface area contributed by atoms with E-state index in [1.807, 2.05) is 30.3 Å². The summed E-state index contributed by atoms with van der Waals surface area (Å²) in [6.45, 7) is 0.351. The van der Waals surface area contributed by atoms with Crippen LogP contribution in [0.25, 0.3) is 10.9 Å². The standard InChI is InChI=1S/C28H22Cl2N4O3/c29-23-10-8-18(13-24(23)30)17-37-33-22-15-26(34(16-22)28(36)19-5-2-1-3-6-19)27(35)32-21-9-11-25-20(14-21)7-4-12-31-25/h1-14,26H,15-17H2,(H,32,35)/b33-22+/t26-/m0/s1. The van der Waals surface area contributed by atoms with E-state index in [0.717, 1.165) is 16.5 Å². The van der Waals surface area contributed by atoms with Crippen LogP contribution in [0.5, 0.6) is 0 Å². The molecule has 1 saturated heterocycles. The molecule has 1 aliphatic heterocycles. The molecule has 1 fully saturated rings. The number of nitrogens with zero attached hydrogens (tertiary/aromatic N) is 3. The highest BCUT2D eigenvalue weighted by molar-refractivity contribution is 6.42. The number of benzene rings is 3. The second kappa shape index (κ2) is 11.0. The number of pyridine rings is 1. The maximum Gasteiger partial charge on any atom is 0.254 e. The zero-order valence-electron chi connectivity index (χ0n) is 19.6. The molecule has 1 atom stereocenters. The van der Waals surface area contributed by atoms with E-state index in [-0.39, 0.29) is 31.4 Å². The van der Waals surface area contributed by atoms with E-state index in [1.54, 1.807) is 54.7 Å². The molecule has 0 aliphatic carbocycles. The molecule has 0 radical (unpaired) electrons. The molecule has 1 aromatic heterocycles. The predicted molar refractivity (Wildman–Crippen MR) is 145 cm³/mol. The number of halogens is 2. The topological polar surface area (TPSA) is 83.9 Å². The molecule has 3 aromatic carbocycles. The smallest absolute Gasteiger partial charge is 0.254 e. The monoisotopic (exact) mass is 532 g/mol. The molecule has 0 unspecified atom stereocenters. The van der Waals surface area contributed by atoms with Crippen LogP contribution < -0.4 is 5.32 Å². The van der Waals surface area contributed by atoms with Gasteiger partial charge >= 0.3 is 0 Å². The summed E-state index contributed by atoms with van der Waals surface area (Å²) in [6, 6.07) is 22.6. The lowest BCUT2D eigenvalue weighted by Gasteiger charge is -2.23. The lowest BCUT2D eigenvalue weighted by Crippen LogP contribution is -2.43. The van der Waals surface area contributed by atoms with Gasteiger partial charge in [-0.25, -0.2) is 0 Å². The maximum absolute atomic E-state index is 13.4. The number of carbonyl (C=O) groups is 2. The molecule has 9 heteroatoms. The first kappa shape index (κ1) is 24.7. The van der Waals surface area contributed by atoms with E-state index < -0.39 is 6.04 Å². The highest BCUT2D eigenvalue weighted by Gasteiger charge is 2.38. The number of likely N-dealkylation sites (tertiary alicyclic amines) is 1. The van der Waals surface area contributed by atoms with E-state index in [9.17, 15) is 9.59 Å². The maximum atomic E-state index is 13.4. The van der Waals surface area contributed by atoms with Crippen molar-refractivity contribution in [3.05, 3.63) is 106 Å². The van der Waals surface area contributed by atoms with E-state index in [0.29, 0.717) is 27.0 Å². The van der Waals surface area contributed by atoms with Crippen molar-refractivity contribution in [1.29, 1.82) is 0 Å². The van der Waals surface area contributed by atoms with Gasteiger partial charge in [-0.15, -0.1) is 0 Å². The average Bonchev–Trinajstić information content (AvgIpc) is 3.35. The van der Waals surface area contributed by atoms with Crippen LogP contribution >= 0.6 is 23.2 Å². The summed E-state index contributed by atoms with van der Waals surface area (Å²) in [7, 11) is 0. The Morgan fingerprint density at radius 1 is 1.00 bits per heavy atom. The first-order valence-electron chi connectivity index (χ1n) is 11.6. The highest BCUT2D eigenvalue weighted by Crippen LogP contribution is 2.25. The Morgan fingerprint density at radius 2 is 1.84 bits per heavy atom. The molecule has 1 N–H and O–H groups in total. The third-order valence-electron chi connectivity index (χ3n) is 6.02. The van der Waals surface area contributed by atoms with Crippen molar-refractivity contribution in [3.63, 3.8) is 0 Å². The van der Waals surface area contributed by atoms with Crippen molar-refractivity contribution in [2.45, 2.75) is 19.1 Å². The Bertz CT molecular complexity index is 1490. The lowest BCUT2D eigenvalue weighted by molar-refractivity contribution is -0.119. The molecule has 0 bridgehead atoms. The zero-order valence-corrected chi connectivity index (χ0v) is 21.1. The van der Waals surface area contributed by atoms with E-state index in [2.05, 4.69) is 15.5 Å². The number of carbonyl (C=O) groups excluding carboxylic acids is 2. The minimum atomic E-state index is -0.746. The van der Waals surface area contributed by atoms with Gasteiger partial charge in [-0.1, -0.05) is 58.7 Å². The van der Waals surface area contributed by atoms with Gasteiger partial charge in [0.2, 0.25) is 5.91 Å².